The van der Waals surface area contributed by atoms with Gasteiger partial charge in [0.05, 0.1) is 36.1 Å². The fourth-order valence-electron chi connectivity index (χ4n) is 3.61. The lowest BCUT2D eigenvalue weighted by molar-refractivity contribution is 0.0815. The Morgan fingerprint density at radius 3 is 2.88 bits per heavy atom. The predicted octanol–water partition coefficient (Wildman–Crippen LogP) is 1.05. The molecule has 0 aromatic heterocycles. The molecular weight excluding hydrogens is 352 g/mol. The second-order valence-corrected chi connectivity index (χ2v) is 9.02. The lowest BCUT2D eigenvalue weighted by Gasteiger charge is -2.42. The molecule has 0 amide bonds. The summed E-state index contributed by atoms with van der Waals surface area (Å²) in [6.45, 7) is 3.37. The van der Waals surface area contributed by atoms with Gasteiger partial charge in [0.1, 0.15) is 21.5 Å². The first-order valence-electron chi connectivity index (χ1n) is 8.89. The highest BCUT2D eigenvalue weighted by Gasteiger charge is 2.52. The summed E-state index contributed by atoms with van der Waals surface area (Å²) in [5, 5.41) is 0. The third kappa shape index (κ3) is 3.54. The van der Waals surface area contributed by atoms with Crippen molar-refractivity contribution in [3.05, 3.63) is 35.7 Å². The van der Waals surface area contributed by atoms with E-state index >= 15 is 0 Å². The number of sulfone groups is 1. The number of ether oxygens (including phenoxy) is 1. The van der Waals surface area contributed by atoms with Gasteiger partial charge in [0.15, 0.2) is 0 Å². The zero-order valence-corrected chi connectivity index (χ0v) is 16.1. The Bertz CT molecular complexity index is 810. The van der Waals surface area contributed by atoms with Crippen molar-refractivity contribution in [1.29, 1.82) is 0 Å². The van der Waals surface area contributed by atoms with Gasteiger partial charge in [0.25, 0.3) is 0 Å². The average molecular weight is 378 g/mol. The summed E-state index contributed by atoms with van der Waals surface area (Å²) in [5.41, 5.74) is 8.11. The van der Waals surface area contributed by atoms with E-state index in [1.54, 1.807) is 6.21 Å². The summed E-state index contributed by atoms with van der Waals surface area (Å²) in [7, 11) is -3.01. The molecular formula is C18H26N4O3S. The molecule has 2 atom stereocenters. The number of hydrogen-bond donors (Lipinski definition) is 1. The van der Waals surface area contributed by atoms with Gasteiger partial charge >= 0.3 is 0 Å². The number of rotatable bonds is 8. The van der Waals surface area contributed by atoms with E-state index in [0.717, 1.165) is 24.3 Å². The lowest BCUT2D eigenvalue weighted by atomic mass is 9.81. The third-order valence-corrected chi connectivity index (χ3v) is 5.70. The summed E-state index contributed by atoms with van der Waals surface area (Å²) in [6.07, 6.45) is 12.7. The molecule has 0 fully saturated rings. The molecule has 0 aromatic rings. The van der Waals surface area contributed by atoms with Crippen LogP contribution < -0.4 is 5.73 Å². The number of dihydropyridines is 1. The molecule has 2 unspecified atom stereocenters. The van der Waals surface area contributed by atoms with Gasteiger partial charge in [0.2, 0.25) is 0 Å². The Balaban J connectivity index is 1.78. The van der Waals surface area contributed by atoms with Crippen LogP contribution in [-0.2, 0) is 14.6 Å². The monoisotopic (exact) mass is 378 g/mol. The number of nitrogens with two attached hydrogens (primary N) is 1. The Hall–Kier alpha value is -1.77. The van der Waals surface area contributed by atoms with Crippen LogP contribution in [0.25, 0.3) is 0 Å². The van der Waals surface area contributed by atoms with Gasteiger partial charge in [-0.15, -0.1) is 0 Å². The number of aliphatic imine (C=N–C) groups is 2. The van der Waals surface area contributed by atoms with Crippen molar-refractivity contribution >= 4 is 21.8 Å². The summed E-state index contributed by atoms with van der Waals surface area (Å²) in [5.74, 6) is 0.0311. The first-order chi connectivity index (χ1) is 12.4. The van der Waals surface area contributed by atoms with E-state index in [-0.39, 0.29) is 18.5 Å². The molecule has 2 aliphatic heterocycles. The minimum absolute atomic E-state index is 0.0000854. The van der Waals surface area contributed by atoms with Crippen molar-refractivity contribution in [1.82, 2.24) is 4.90 Å². The summed E-state index contributed by atoms with van der Waals surface area (Å²) >= 11 is 0. The summed E-state index contributed by atoms with van der Waals surface area (Å²) in [4.78, 5) is 11.7. The van der Waals surface area contributed by atoms with E-state index in [2.05, 4.69) is 22.9 Å². The molecule has 142 valence electrons. The number of nitrogens with zero attached hydrogens (tertiary/aromatic N) is 3. The molecule has 2 N–H and O–H groups in total. The van der Waals surface area contributed by atoms with Gasteiger partial charge in [-0.1, -0.05) is 19.4 Å². The van der Waals surface area contributed by atoms with E-state index in [1.807, 2.05) is 18.2 Å². The molecule has 0 bridgehead atoms. The van der Waals surface area contributed by atoms with Crippen LogP contribution in [0.15, 0.2) is 45.7 Å². The molecule has 26 heavy (non-hydrogen) atoms. The molecule has 3 aliphatic rings. The van der Waals surface area contributed by atoms with Crippen LogP contribution in [0.2, 0.25) is 0 Å². The predicted molar refractivity (Wildman–Crippen MR) is 104 cm³/mol. The van der Waals surface area contributed by atoms with Crippen molar-refractivity contribution in [2.75, 3.05) is 31.8 Å². The molecule has 0 saturated heterocycles. The molecule has 2 heterocycles. The molecule has 0 aromatic carbocycles. The van der Waals surface area contributed by atoms with Crippen LogP contribution in [0.4, 0.5) is 0 Å². The van der Waals surface area contributed by atoms with Crippen molar-refractivity contribution < 1.29 is 13.2 Å². The zero-order chi connectivity index (χ0) is 18.8. The van der Waals surface area contributed by atoms with Crippen LogP contribution in [0.5, 0.6) is 0 Å². The van der Waals surface area contributed by atoms with Gasteiger partial charge < -0.3 is 10.5 Å². The summed E-state index contributed by atoms with van der Waals surface area (Å²) < 4.78 is 28.1. The van der Waals surface area contributed by atoms with Crippen molar-refractivity contribution in [3.63, 3.8) is 0 Å². The minimum Gasteiger partial charge on any atom is -0.397 e. The molecule has 0 radical (unpaired) electrons. The average Bonchev–Trinajstić information content (AvgIpc) is 2.89. The van der Waals surface area contributed by atoms with Crippen LogP contribution >= 0.6 is 0 Å². The second-order valence-electron chi connectivity index (χ2n) is 6.76. The van der Waals surface area contributed by atoms with Gasteiger partial charge in [-0.3, -0.25) is 14.9 Å². The van der Waals surface area contributed by atoms with Crippen LogP contribution in [0.1, 0.15) is 19.8 Å². The normalized spacial score (nSPS) is 27.6. The number of allylic oxidation sites excluding steroid dienone is 3. The van der Waals surface area contributed by atoms with Crippen LogP contribution in [-0.4, -0.2) is 68.7 Å². The first-order valence-corrected chi connectivity index (χ1v) is 10.9. The zero-order valence-electron chi connectivity index (χ0n) is 15.3. The van der Waals surface area contributed by atoms with Crippen molar-refractivity contribution in [2.45, 2.75) is 31.5 Å². The first kappa shape index (κ1) is 19.0. The van der Waals surface area contributed by atoms with Gasteiger partial charge in [-0.05, 0) is 24.6 Å². The van der Waals surface area contributed by atoms with E-state index in [1.165, 1.54) is 6.26 Å². The Labute approximate surface area is 154 Å². The standard InChI is InChI=1S/C18H26N4O3S/c1-3-5-16-21-17-14(19)6-7-15-18(17,8-4-9-20-15)22(16)10-11-25-12-13-26(2,23)24/h4,6-9,16H,3,5,10-13,19H2,1-2H3. The van der Waals surface area contributed by atoms with Crippen LogP contribution in [0.3, 0.4) is 0 Å². The largest absolute Gasteiger partial charge is 0.397 e. The van der Waals surface area contributed by atoms with E-state index < -0.39 is 15.4 Å². The second kappa shape index (κ2) is 7.46. The fourth-order valence-corrected chi connectivity index (χ4v) is 4.03. The van der Waals surface area contributed by atoms with Gasteiger partial charge in [-0.25, -0.2) is 8.42 Å². The minimum atomic E-state index is -3.01. The Morgan fingerprint density at radius 1 is 1.35 bits per heavy atom. The highest BCUT2D eigenvalue weighted by molar-refractivity contribution is 7.90. The highest BCUT2D eigenvalue weighted by Crippen LogP contribution is 2.42. The smallest absolute Gasteiger partial charge is 0.149 e. The SMILES string of the molecule is CCCC1N=C2C(N)=CC=C3N=CC=CC32N1CCOCCS(C)(=O)=O. The maximum absolute atomic E-state index is 11.2. The van der Waals surface area contributed by atoms with E-state index in [0.29, 0.717) is 18.8 Å². The maximum Gasteiger partial charge on any atom is 0.149 e. The topological polar surface area (TPSA) is 97.3 Å². The van der Waals surface area contributed by atoms with Crippen LogP contribution in [0, 0.1) is 0 Å². The number of hydrogen-bond acceptors (Lipinski definition) is 7. The lowest BCUT2D eigenvalue weighted by Crippen LogP contribution is -2.56. The van der Waals surface area contributed by atoms with Gasteiger partial charge in [0, 0.05) is 19.0 Å². The van der Waals surface area contributed by atoms with Gasteiger partial charge in [-0.2, -0.15) is 0 Å². The Morgan fingerprint density at radius 2 is 2.15 bits per heavy atom. The van der Waals surface area contributed by atoms with E-state index in [9.17, 15) is 8.42 Å². The van der Waals surface area contributed by atoms with Crippen molar-refractivity contribution in [2.24, 2.45) is 15.7 Å². The molecule has 8 heteroatoms. The molecule has 3 rings (SSSR count). The molecule has 0 saturated carbocycles. The Kier molecular flexibility index (Phi) is 5.45. The third-order valence-electron chi connectivity index (χ3n) is 4.80. The van der Waals surface area contributed by atoms with Crippen molar-refractivity contribution in [3.8, 4) is 0 Å². The van der Waals surface area contributed by atoms with E-state index in [4.69, 9.17) is 15.5 Å². The summed E-state index contributed by atoms with van der Waals surface area (Å²) in [6, 6.07) is 0. The maximum atomic E-state index is 11.2. The quantitative estimate of drug-likeness (QED) is 0.637. The molecule has 7 nitrogen and oxygen atoms in total. The fraction of sp³-hybridized carbons (Fsp3) is 0.556. The molecule has 1 aliphatic carbocycles. The highest BCUT2D eigenvalue weighted by atomic mass is 32.2. The molecule has 1 spiro atoms.